The maximum absolute atomic E-state index is 13.6. The van der Waals surface area contributed by atoms with Crippen molar-refractivity contribution in [2.75, 3.05) is 18.0 Å². The number of carbonyl (C=O) groups excluding carboxylic acids is 1. The van der Waals surface area contributed by atoms with Crippen molar-refractivity contribution < 1.29 is 13.6 Å². The molecule has 0 aliphatic carbocycles. The third-order valence-electron chi connectivity index (χ3n) is 3.40. The number of benzene rings is 1. The quantitative estimate of drug-likeness (QED) is 0.947. The maximum atomic E-state index is 13.6. The molecule has 0 radical (unpaired) electrons. The second kappa shape index (κ2) is 5.77. The first-order valence-corrected chi connectivity index (χ1v) is 7.42. The summed E-state index contributed by atoms with van der Waals surface area (Å²) in [6, 6.07) is 3.25. The standard InChI is InChI=1S/C14H13F2N3OS/c15-10-2-1-3-11(16)12(10)13(20)18-9-4-6-19(8-9)14-17-5-7-21-14/h1-3,5,7,9H,4,6,8H2,(H,18,20). The number of aromatic nitrogens is 1. The van der Waals surface area contributed by atoms with Crippen molar-refractivity contribution in [3.05, 3.63) is 47.0 Å². The van der Waals surface area contributed by atoms with Crippen molar-refractivity contribution in [3.63, 3.8) is 0 Å². The maximum Gasteiger partial charge on any atom is 0.257 e. The molecule has 2 heterocycles. The number of anilines is 1. The second-order valence-electron chi connectivity index (χ2n) is 4.82. The van der Waals surface area contributed by atoms with E-state index in [4.69, 9.17) is 0 Å². The highest BCUT2D eigenvalue weighted by atomic mass is 32.1. The molecular formula is C14H13F2N3OS. The molecule has 1 aliphatic heterocycles. The molecule has 1 N–H and O–H groups in total. The van der Waals surface area contributed by atoms with Gasteiger partial charge in [-0.15, -0.1) is 11.3 Å². The summed E-state index contributed by atoms with van der Waals surface area (Å²) in [5.74, 6) is -2.40. The number of halogens is 2. The number of thiazole rings is 1. The van der Waals surface area contributed by atoms with Crippen LogP contribution in [0, 0.1) is 11.6 Å². The van der Waals surface area contributed by atoms with Crippen molar-refractivity contribution in [3.8, 4) is 0 Å². The van der Waals surface area contributed by atoms with E-state index in [0.717, 1.165) is 30.2 Å². The highest BCUT2D eigenvalue weighted by Crippen LogP contribution is 2.22. The largest absolute Gasteiger partial charge is 0.347 e. The van der Waals surface area contributed by atoms with E-state index in [-0.39, 0.29) is 6.04 Å². The van der Waals surface area contributed by atoms with Crippen molar-refractivity contribution in [1.82, 2.24) is 10.3 Å². The molecule has 0 spiro atoms. The fraction of sp³-hybridized carbons (Fsp3) is 0.286. The summed E-state index contributed by atoms with van der Waals surface area (Å²) in [6.07, 6.45) is 2.45. The van der Waals surface area contributed by atoms with Gasteiger partial charge in [0.25, 0.3) is 5.91 Å². The smallest absolute Gasteiger partial charge is 0.257 e. The zero-order chi connectivity index (χ0) is 14.8. The molecule has 1 saturated heterocycles. The Hall–Kier alpha value is -2.02. The Morgan fingerprint density at radius 1 is 1.38 bits per heavy atom. The van der Waals surface area contributed by atoms with E-state index in [9.17, 15) is 13.6 Å². The van der Waals surface area contributed by atoms with Crippen LogP contribution in [0.1, 0.15) is 16.8 Å². The SMILES string of the molecule is O=C(NC1CCN(c2nccs2)C1)c1c(F)cccc1F. The fourth-order valence-electron chi connectivity index (χ4n) is 2.40. The van der Waals surface area contributed by atoms with Gasteiger partial charge in [0.05, 0.1) is 0 Å². The van der Waals surface area contributed by atoms with Crippen molar-refractivity contribution in [2.24, 2.45) is 0 Å². The minimum atomic E-state index is -0.845. The van der Waals surface area contributed by atoms with Crippen LogP contribution in [-0.2, 0) is 0 Å². The van der Waals surface area contributed by atoms with Gasteiger partial charge in [0, 0.05) is 30.7 Å². The van der Waals surface area contributed by atoms with Crippen LogP contribution in [0.2, 0.25) is 0 Å². The number of hydrogen-bond donors (Lipinski definition) is 1. The van der Waals surface area contributed by atoms with Crippen molar-refractivity contribution in [2.45, 2.75) is 12.5 Å². The number of nitrogens with zero attached hydrogens (tertiary/aromatic N) is 2. The number of amides is 1. The van der Waals surface area contributed by atoms with Crippen LogP contribution in [0.15, 0.2) is 29.8 Å². The number of nitrogens with one attached hydrogen (secondary N) is 1. The third kappa shape index (κ3) is 2.87. The lowest BCUT2D eigenvalue weighted by Crippen LogP contribution is -2.37. The molecule has 1 aromatic carbocycles. The van der Waals surface area contributed by atoms with E-state index in [1.54, 1.807) is 6.20 Å². The van der Waals surface area contributed by atoms with Crippen LogP contribution in [-0.4, -0.2) is 30.0 Å². The Morgan fingerprint density at radius 3 is 2.81 bits per heavy atom. The van der Waals surface area contributed by atoms with Crippen LogP contribution in [0.4, 0.5) is 13.9 Å². The molecule has 1 amide bonds. The molecule has 1 fully saturated rings. The Morgan fingerprint density at radius 2 is 2.14 bits per heavy atom. The van der Waals surface area contributed by atoms with Crippen LogP contribution in [0.5, 0.6) is 0 Å². The van der Waals surface area contributed by atoms with Crippen LogP contribution < -0.4 is 10.2 Å². The van der Waals surface area contributed by atoms with Crippen LogP contribution >= 0.6 is 11.3 Å². The van der Waals surface area contributed by atoms with Gasteiger partial charge >= 0.3 is 0 Å². The molecule has 2 aromatic rings. The molecule has 0 bridgehead atoms. The Labute approximate surface area is 124 Å². The average molecular weight is 309 g/mol. The third-order valence-corrected chi connectivity index (χ3v) is 4.24. The lowest BCUT2D eigenvalue weighted by molar-refractivity contribution is 0.0932. The molecule has 4 nitrogen and oxygen atoms in total. The molecule has 7 heteroatoms. The van der Waals surface area contributed by atoms with Gasteiger partial charge in [0.2, 0.25) is 0 Å². The first-order chi connectivity index (χ1) is 10.1. The summed E-state index contributed by atoms with van der Waals surface area (Å²) < 4.78 is 27.1. The van der Waals surface area contributed by atoms with Crippen molar-refractivity contribution >= 4 is 22.4 Å². The van der Waals surface area contributed by atoms with Gasteiger partial charge in [0.15, 0.2) is 5.13 Å². The zero-order valence-electron chi connectivity index (χ0n) is 11.1. The molecule has 1 aliphatic rings. The summed E-state index contributed by atoms with van der Waals surface area (Å²) in [5, 5.41) is 5.46. The number of carbonyl (C=O) groups is 1. The van der Waals surface area contributed by atoms with Gasteiger partial charge in [-0.05, 0) is 18.6 Å². The Kier molecular flexibility index (Phi) is 3.83. The summed E-state index contributed by atoms with van der Waals surface area (Å²) in [5.41, 5.74) is -0.523. The van der Waals surface area contributed by atoms with Gasteiger partial charge in [-0.1, -0.05) is 6.07 Å². The summed E-state index contributed by atoms with van der Waals surface area (Å²) in [7, 11) is 0. The summed E-state index contributed by atoms with van der Waals surface area (Å²) >= 11 is 1.52. The van der Waals surface area contributed by atoms with Gasteiger partial charge in [-0.3, -0.25) is 4.79 Å². The van der Waals surface area contributed by atoms with E-state index in [1.165, 1.54) is 17.4 Å². The molecule has 0 saturated carbocycles. The van der Waals surface area contributed by atoms with Gasteiger partial charge in [-0.2, -0.15) is 0 Å². The van der Waals surface area contributed by atoms with Gasteiger partial charge in [0.1, 0.15) is 17.2 Å². The Bertz CT molecular complexity index is 627. The minimum absolute atomic E-state index is 0.139. The molecule has 3 rings (SSSR count). The molecule has 110 valence electrons. The lowest BCUT2D eigenvalue weighted by Gasteiger charge is -2.16. The van der Waals surface area contributed by atoms with E-state index in [1.807, 2.05) is 10.3 Å². The average Bonchev–Trinajstić information content (AvgIpc) is 3.08. The molecule has 1 aromatic heterocycles. The highest BCUT2D eigenvalue weighted by Gasteiger charge is 2.27. The predicted molar refractivity (Wildman–Crippen MR) is 76.6 cm³/mol. The predicted octanol–water partition coefficient (Wildman–Crippen LogP) is 2.43. The number of hydrogen-bond acceptors (Lipinski definition) is 4. The zero-order valence-corrected chi connectivity index (χ0v) is 11.9. The van der Waals surface area contributed by atoms with E-state index < -0.39 is 23.1 Å². The topological polar surface area (TPSA) is 45.2 Å². The van der Waals surface area contributed by atoms with Gasteiger partial charge in [-0.25, -0.2) is 13.8 Å². The Balaban J connectivity index is 1.66. The first kappa shape index (κ1) is 13.9. The fourth-order valence-corrected chi connectivity index (χ4v) is 3.08. The number of rotatable bonds is 3. The van der Waals surface area contributed by atoms with Crippen LogP contribution in [0.25, 0.3) is 0 Å². The second-order valence-corrected chi connectivity index (χ2v) is 5.69. The molecular weight excluding hydrogens is 296 g/mol. The highest BCUT2D eigenvalue weighted by molar-refractivity contribution is 7.13. The molecule has 21 heavy (non-hydrogen) atoms. The first-order valence-electron chi connectivity index (χ1n) is 6.54. The summed E-state index contributed by atoms with van der Waals surface area (Å²) in [6.45, 7) is 1.35. The molecule has 1 unspecified atom stereocenters. The molecule has 1 atom stereocenters. The lowest BCUT2D eigenvalue weighted by atomic mass is 10.1. The van der Waals surface area contributed by atoms with E-state index in [2.05, 4.69) is 10.3 Å². The minimum Gasteiger partial charge on any atom is -0.347 e. The monoisotopic (exact) mass is 309 g/mol. The normalized spacial score (nSPS) is 18.0. The summed E-state index contributed by atoms with van der Waals surface area (Å²) in [4.78, 5) is 18.3. The van der Waals surface area contributed by atoms with Crippen molar-refractivity contribution in [1.29, 1.82) is 0 Å². The van der Waals surface area contributed by atoms with E-state index in [0.29, 0.717) is 6.54 Å². The van der Waals surface area contributed by atoms with E-state index >= 15 is 0 Å². The van der Waals surface area contributed by atoms with Gasteiger partial charge < -0.3 is 10.2 Å². The van der Waals surface area contributed by atoms with Crippen LogP contribution in [0.3, 0.4) is 0 Å².